The molecule has 2 rings (SSSR count). The number of ether oxygens (including phenoxy) is 4. The van der Waals surface area contributed by atoms with Crippen LogP contribution in [-0.2, 0) is 38.1 Å². The van der Waals surface area contributed by atoms with E-state index in [0.29, 0.717) is 5.69 Å². The Bertz CT molecular complexity index is 907. The van der Waals surface area contributed by atoms with Crippen molar-refractivity contribution < 1.29 is 43.0 Å². The second-order valence-corrected chi connectivity index (χ2v) is 8.45. The molecule has 1 N–H and O–H groups in total. The first-order valence-corrected chi connectivity index (χ1v) is 10.7. The van der Waals surface area contributed by atoms with Crippen molar-refractivity contribution in [3.8, 4) is 0 Å². The zero-order valence-corrected chi connectivity index (χ0v) is 19.2. The molecule has 5 atom stereocenters. The van der Waals surface area contributed by atoms with Crippen molar-refractivity contribution in [1.29, 1.82) is 0 Å². The smallest absolute Gasteiger partial charge is 0.303 e. The van der Waals surface area contributed by atoms with Crippen LogP contribution in [0.2, 0.25) is 0 Å². The molecule has 1 aromatic carbocycles. The van der Waals surface area contributed by atoms with Crippen LogP contribution in [0.15, 0.2) is 24.3 Å². The average molecular weight is 484 g/mol. The molecular weight excluding hydrogens is 460 g/mol. The molecule has 180 valence electrons. The van der Waals surface area contributed by atoms with E-state index in [9.17, 15) is 29.3 Å². The maximum Gasteiger partial charge on any atom is 0.303 e. The first-order valence-electron chi connectivity index (χ1n) is 9.79. The number of carbonyl (C=O) groups excluding carboxylic acids is 4. The van der Waals surface area contributed by atoms with Gasteiger partial charge in [-0.25, -0.2) is 0 Å². The highest BCUT2D eigenvalue weighted by Gasteiger charge is 2.51. The van der Waals surface area contributed by atoms with Crippen LogP contribution in [-0.4, -0.2) is 64.3 Å². The highest BCUT2D eigenvalue weighted by Crippen LogP contribution is 2.38. The van der Waals surface area contributed by atoms with Gasteiger partial charge in [-0.15, -0.1) is 11.8 Å². The minimum Gasteiger partial charge on any atom is -0.465 e. The zero-order chi connectivity index (χ0) is 24.7. The third-order valence-corrected chi connectivity index (χ3v) is 5.81. The molecule has 0 aromatic heterocycles. The Hall–Kier alpha value is -3.35. The normalized spacial score (nSPS) is 24.2. The summed E-state index contributed by atoms with van der Waals surface area (Å²) in [5, 5.41) is 12.5. The number of nitrogens with one attached hydrogen (secondary N) is 1. The van der Waals surface area contributed by atoms with Gasteiger partial charge in [0.15, 0.2) is 18.3 Å². The van der Waals surface area contributed by atoms with Crippen LogP contribution in [0.5, 0.6) is 0 Å². The van der Waals surface area contributed by atoms with Gasteiger partial charge in [-0.3, -0.25) is 29.3 Å². The molecule has 0 saturated carbocycles. The molecule has 33 heavy (non-hydrogen) atoms. The maximum atomic E-state index is 11.8. The van der Waals surface area contributed by atoms with Gasteiger partial charge in [-0.05, 0) is 12.1 Å². The Balaban J connectivity index is 2.43. The van der Waals surface area contributed by atoms with Gasteiger partial charge in [-0.1, -0.05) is 0 Å². The Kier molecular flexibility index (Phi) is 9.02. The summed E-state index contributed by atoms with van der Waals surface area (Å²) in [5.74, 6) is -2.62. The second-order valence-electron chi connectivity index (χ2n) is 7.07. The number of anilines is 1. The molecule has 1 aliphatic rings. The SMILES string of the molecule is CC(=O)OC[C@H]1S[C@H](Nc2ccc([N+](=O)[O-])cc2)[C@H](OC(C)=O)[C@@H](OC(C)=O)[C@@H]1OC(C)=O. The topological polar surface area (TPSA) is 160 Å². The highest BCUT2D eigenvalue weighted by atomic mass is 32.2. The van der Waals surface area contributed by atoms with Crippen LogP contribution in [0, 0.1) is 10.1 Å². The van der Waals surface area contributed by atoms with E-state index in [1.165, 1.54) is 45.0 Å². The zero-order valence-electron chi connectivity index (χ0n) is 18.3. The van der Waals surface area contributed by atoms with Crippen molar-refractivity contribution in [3.05, 3.63) is 34.4 Å². The summed E-state index contributed by atoms with van der Waals surface area (Å²) in [6.07, 6.45) is -3.41. The molecule has 1 aliphatic heterocycles. The van der Waals surface area contributed by atoms with Crippen molar-refractivity contribution in [1.82, 2.24) is 0 Å². The van der Waals surface area contributed by atoms with Gasteiger partial charge >= 0.3 is 23.9 Å². The lowest BCUT2D eigenvalue weighted by Crippen LogP contribution is -2.60. The number of nitro groups is 1. The van der Waals surface area contributed by atoms with Crippen molar-refractivity contribution in [2.75, 3.05) is 11.9 Å². The fraction of sp³-hybridized carbons (Fsp3) is 0.500. The molecule has 0 aliphatic carbocycles. The molecule has 0 amide bonds. The van der Waals surface area contributed by atoms with E-state index in [2.05, 4.69) is 5.32 Å². The average Bonchev–Trinajstić information content (AvgIpc) is 2.70. The maximum absolute atomic E-state index is 11.8. The van der Waals surface area contributed by atoms with Gasteiger partial charge in [0.25, 0.3) is 5.69 Å². The summed E-state index contributed by atoms with van der Waals surface area (Å²) >= 11 is 1.14. The molecule has 1 aromatic rings. The number of nitrogens with zero attached hydrogens (tertiary/aromatic N) is 1. The Labute approximate surface area is 193 Å². The molecule has 13 heteroatoms. The first-order chi connectivity index (χ1) is 15.5. The number of rotatable bonds is 8. The van der Waals surface area contributed by atoms with Crippen LogP contribution in [0.4, 0.5) is 11.4 Å². The number of carbonyl (C=O) groups is 4. The van der Waals surface area contributed by atoms with E-state index in [4.69, 9.17) is 18.9 Å². The summed E-state index contributed by atoms with van der Waals surface area (Å²) < 4.78 is 21.3. The summed E-state index contributed by atoms with van der Waals surface area (Å²) in [7, 11) is 0. The number of hydrogen-bond acceptors (Lipinski definition) is 12. The van der Waals surface area contributed by atoms with Crippen LogP contribution < -0.4 is 5.32 Å². The van der Waals surface area contributed by atoms with E-state index in [1.54, 1.807) is 0 Å². The number of nitro benzene ring substituents is 1. The summed E-state index contributed by atoms with van der Waals surface area (Å²) in [4.78, 5) is 57.2. The lowest BCUT2D eigenvalue weighted by Gasteiger charge is -2.44. The summed E-state index contributed by atoms with van der Waals surface area (Å²) in [6.45, 7) is 4.52. The molecular formula is C20H24N2O10S. The fourth-order valence-corrected chi connectivity index (χ4v) is 4.65. The van der Waals surface area contributed by atoms with Crippen molar-refractivity contribution >= 4 is 47.0 Å². The van der Waals surface area contributed by atoms with Gasteiger partial charge in [0.05, 0.1) is 10.2 Å². The van der Waals surface area contributed by atoms with Crippen LogP contribution >= 0.6 is 11.8 Å². The largest absolute Gasteiger partial charge is 0.465 e. The van der Waals surface area contributed by atoms with Gasteiger partial charge < -0.3 is 24.3 Å². The van der Waals surface area contributed by atoms with E-state index < -0.39 is 57.7 Å². The molecule has 0 spiro atoms. The molecule has 0 bridgehead atoms. The minimum absolute atomic E-state index is 0.117. The highest BCUT2D eigenvalue weighted by molar-refractivity contribution is 8.00. The van der Waals surface area contributed by atoms with Gasteiger partial charge in [0.2, 0.25) is 0 Å². The second kappa shape index (κ2) is 11.5. The van der Waals surface area contributed by atoms with Crippen molar-refractivity contribution in [2.45, 2.75) is 56.6 Å². The van der Waals surface area contributed by atoms with E-state index in [1.807, 2.05) is 0 Å². The number of thioether (sulfide) groups is 1. The Morgan fingerprint density at radius 1 is 0.879 bits per heavy atom. The van der Waals surface area contributed by atoms with Gasteiger partial charge in [0, 0.05) is 45.5 Å². The monoisotopic (exact) mass is 484 g/mol. The van der Waals surface area contributed by atoms with Gasteiger partial charge in [-0.2, -0.15) is 0 Å². The van der Waals surface area contributed by atoms with Crippen LogP contribution in [0.25, 0.3) is 0 Å². The van der Waals surface area contributed by atoms with Crippen molar-refractivity contribution in [3.63, 3.8) is 0 Å². The predicted octanol–water partition coefficient (Wildman–Crippen LogP) is 1.81. The quantitative estimate of drug-likeness (QED) is 0.247. The van der Waals surface area contributed by atoms with E-state index >= 15 is 0 Å². The predicted molar refractivity (Wildman–Crippen MR) is 115 cm³/mol. The molecule has 0 unspecified atom stereocenters. The van der Waals surface area contributed by atoms with E-state index in [-0.39, 0.29) is 12.3 Å². The van der Waals surface area contributed by atoms with Gasteiger partial charge in [0.1, 0.15) is 12.0 Å². The Morgan fingerprint density at radius 2 is 1.39 bits per heavy atom. The van der Waals surface area contributed by atoms with Crippen LogP contribution in [0.3, 0.4) is 0 Å². The molecule has 1 heterocycles. The molecule has 0 radical (unpaired) electrons. The number of non-ortho nitro benzene ring substituents is 1. The third kappa shape index (κ3) is 7.63. The molecule has 1 fully saturated rings. The summed E-state index contributed by atoms with van der Waals surface area (Å²) in [5.41, 5.74) is 0.336. The molecule has 12 nitrogen and oxygen atoms in total. The van der Waals surface area contributed by atoms with Crippen molar-refractivity contribution in [2.24, 2.45) is 0 Å². The van der Waals surface area contributed by atoms with Crippen LogP contribution in [0.1, 0.15) is 27.7 Å². The minimum atomic E-state index is -1.22. The third-order valence-electron chi connectivity index (χ3n) is 4.38. The number of hydrogen-bond donors (Lipinski definition) is 1. The fourth-order valence-electron chi connectivity index (χ4n) is 3.19. The number of benzene rings is 1. The first kappa shape index (κ1) is 25.9. The standard InChI is InChI=1S/C20H24N2O10S/c1-10(23)29-9-16-17(30-11(2)24)18(31-12(3)25)19(32-13(4)26)20(33-16)21-14-5-7-15(8-6-14)22(27)28/h5-8,16-21H,9H2,1-4H3/t16-,17-,18+,19-,20+/m1/s1. The molecule has 1 saturated heterocycles. The van der Waals surface area contributed by atoms with E-state index in [0.717, 1.165) is 18.7 Å². The Morgan fingerprint density at radius 3 is 1.88 bits per heavy atom. The lowest BCUT2D eigenvalue weighted by atomic mass is 10.0. The lowest BCUT2D eigenvalue weighted by molar-refractivity contribution is -0.384. The summed E-state index contributed by atoms with van der Waals surface area (Å²) in [6, 6.07) is 5.50. The number of esters is 4.